The van der Waals surface area contributed by atoms with Crippen molar-refractivity contribution in [2.45, 2.75) is 24.2 Å². The van der Waals surface area contributed by atoms with Crippen LogP contribution in [0.2, 0.25) is 5.02 Å². The van der Waals surface area contributed by atoms with Crippen molar-refractivity contribution in [3.8, 4) is 6.07 Å². The number of carboxylic acid groups (broad SMARTS) is 1. The molecule has 9 heteroatoms. The number of nitrogens with one attached hydrogen (secondary N) is 1. The number of hydrogen-bond donors (Lipinski definition) is 2. The lowest BCUT2D eigenvalue weighted by Gasteiger charge is -2.35. The first kappa shape index (κ1) is 16.3. The average molecular weight is 343 g/mol. The molecule has 0 spiro atoms. The second-order valence-electron chi connectivity index (χ2n) is 4.93. The smallest absolute Gasteiger partial charge is 0.319 e. The van der Waals surface area contributed by atoms with Crippen molar-refractivity contribution in [2.24, 2.45) is 5.41 Å². The van der Waals surface area contributed by atoms with Crippen molar-refractivity contribution in [3.63, 3.8) is 0 Å². The van der Waals surface area contributed by atoms with Crippen LogP contribution in [0.1, 0.15) is 24.8 Å². The van der Waals surface area contributed by atoms with Crippen LogP contribution in [-0.4, -0.2) is 25.4 Å². The van der Waals surface area contributed by atoms with Gasteiger partial charge in [-0.25, -0.2) is 13.1 Å². The lowest BCUT2D eigenvalue weighted by molar-refractivity contribution is -0.161. The zero-order valence-electron chi connectivity index (χ0n) is 11.2. The molecule has 0 aromatic heterocycles. The van der Waals surface area contributed by atoms with Crippen LogP contribution >= 0.6 is 11.6 Å². The summed E-state index contributed by atoms with van der Waals surface area (Å²) >= 11 is 5.76. The van der Waals surface area contributed by atoms with E-state index in [-0.39, 0.29) is 28.3 Å². The lowest BCUT2D eigenvalue weighted by atomic mass is 9.68. The largest absolute Gasteiger partial charge is 0.480 e. The summed E-state index contributed by atoms with van der Waals surface area (Å²) in [5.41, 5.74) is -1.60. The number of carbonyl (C=O) groups excluding carboxylic acids is 1. The van der Waals surface area contributed by atoms with Crippen LogP contribution in [0, 0.1) is 16.7 Å². The van der Waals surface area contributed by atoms with E-state index < -0.39 is 27.3 Å². The second-order valence-corrected chi connectivity index (χ2v) is 7.02. The molecule has 0 saturated heterocycles. The first-order chi connectivity index (χ1) is 10.2. The van der Waals surface area contributed by atoms with E-state index in [0.717, 1.165) is 12.1 Å². The summed E-state index contributed by atoms with van der Waals surface area (Å²) in [7, 11) is -4.26. The fraction of sp³-hybridized carbons (Fsp3) is 0.308. The predicted octanol–water partition coefficient (Wildman–Crippen LogP) is 1.27. The Bertz CT molecular complexity index is 793. The Labute approximate surface area is 131 Å². The molecular weight excluding hydrogens is 332 g/mol. The van der Waals surface area contributed by atoms with Gasteiger partial charge in [-0.15, -0.1) is 0 Å². The molecule has 2 N–H and O–H groups in total. The third-order valence-corrected chi connectivity index (χ3v) is 5.29. The first-order valence-electron chi connectivity index (χ1n) is 6.23. The van der Waals surface area contributed by atoms with Crippen molar-refractivity contribution >= 4 is 33.5 Å². The summed E-state index contributed by atoms with van der Waals surface area (Å²) in [6, 6.07) is 5.14. The monoisotopic (exact) mass is 342 g/mol. The fourth-order valence-corrected chi connectivity index (χ4v) is 3.47. The van der Waals surface area contributed by atoms with E-state index in [4.69, 9.17) is 22.0 Å². The fourth-order valence-electron chi connectivity index (χ4n) is 2.10. The summed E-state index contributed by atoms with van der Waals surface area (Å²) in [6.07, 6.45) is 0.734. The van der Waals surface area contributed by atoms with Gasteiger partial charge in [0.15, 0.2) is 0 Å². The third kappa shape index (κ3) is 2.65. The molecule has 1 aromatic rings. The molecule has 1 saturated carbocycles. The highest BCUT2D eigenvalue weighted by atomic mass is 35.5. The van der Waals surface area contributed by atoms with Crippen LogP contribution in [0.3, 0.4) is 0 Å². The van der Waals surface area contributed by atoms with Crippen molar-refractivity contribution in [3.05, 3.63) is 28.8 Å². The maximum Gasteiger partial charge on any atom is 0.319 e. The minimum atomic E-state index is -4.26. The molecule has 116 valence electrons. The Morgan fingerprint density at radius 1 is 1.36 bits per heavy atom. The quantitative estimate of drug-likeness (QED) is 0.794. The van der Waals surface area contributed by atoms with Crippen molar-refractivity contribution in [2.75, 3.05) is 0 Å². The Balaban J connectivity index is 2.29. The van der Waals surface area contributed by atoms with Gasteiger partial charge in [0.1, 0.15) is 11.5 Å². The Kier molecular flexibility index (Phi) is 4.13. The van der Waals surface area contributed by atoms with Crippen molar-refractivity contribution in [1.82, 2.24) is 4.72 Å². The topological polar surface area (TPSA) is 124 Å². The molecule has 1 amide bonds. The van der Waals surface area contributed by atoms with Gasteiger partial charge in [-0.05, 0) is 31.0 Å². The molecule has 0 aliphatic heterocycles. The lowest BCUT2D eigenvalue weighted by Crippen LogP contribution is -2.52. The maximum absolute atomic E-state index is 12.1. The number of amides is 1. The van der Waals surface area contributed by atoms with Crippen LogP contribution in [0.5, 0.6) is 0 Å². The zero-order chi connectivity index (χ0) is 16.5. The third-order valence-electron chi connectivity index (χ3n) is 3.65. The van der Waals surface area contributed by atoms with Crippen LogP contribution < -0.4 is 4.72 Å². The second kappa shape index (κ2) is 5.59. The van der Waals surface area contributed by atoms with Crippen LogP contribution in [-0.2, 0) is 19.6 Å². The molecule has 1 aliphatic carbocycles. The summed E-state index contributed by atoms with van der Waals surface area (Å²) < 4.78 is 26.0. The molecule has 1 fully saturated rings. The van der Waals surface area contributed by atoms with Crippen molar-refractivity contribution < 1.29 is 23.1 Å². The number of hydrogen-bond acceptors (Lipinski definition) is 5. The van der Waals surface area contributed by atoms with Crippen molar-refractivity contribution in [1.29, 1.82) is 5.26 Å². The van der Waals surface area contributed by atoms with Gasteiger partial charge in [0, 0.05) is 0 Å². The van der Waals surface area contributed by atoms with Gasteiger partial charge in [0.2, 0.25) is 0 Å². The summed E-state index contributed by atoms with van der Waals surface area (Å²) in [5.74, 6) is -2.41. The van der Waals surface area contributed by atoms with E-state index in [1.165, 1.54) is 6.07 Å². The number of carboxylic acids is 1. The first-order valence-corrected chi connectivity index (χ1v) is 8.09. The molecule has 0 bridgehead atoms. The predicted molar refractivity (Wildman–Crippen MR) is 75.4 cm³/mol. The molecule has 2 rings (SSSR count). The van der Waals surface area contributed by atoms with E-state index in [0.29, 0.717) is 6.42 Å². The molecule has 0 radical (unpaired) electrons. The van der Waals surface area contributed by atoms with E-state index in [9.17, 15) is 18.0 Å². The Morgan fingerprint density at radius 3 is 2.41 bits per heavy atom. The zero-order valence-corrected chi connectivity index (χ0v) is 12.7. The van der Waals surface area contributed by atoms with Gasteiger partial charge in [0.25, 0.3) is 15.9 Å². The summed E-state index contributed by atoms with van der Waals surface area (Å²) in [6.45, 7) is 0. The normalized spacial score (nSPS) is 16.2. The molecule has 1 aliphatic rings. The molecule has 0 unspecified atom stereocenters. The van der Waals surface area contributed by atoms with Crippen LogP contribution in [0.25, 0.3) is 0 Å². The molecule has 0 atom stereocenters. The maximum atomic E-state index is 12.1. The van der Waals surface area contributed by atoms with E-state index >= 15 is 0 Å². The Morgan fingerprint density at radius 2 is 2.00 bits per heavy atom. The number of aliphatic carboxylic acids is 1. The Hall–Kier alpha value is -2.11. The van der Waals surface area contributed by atoms with Gasteiger partial charge in [-0.1, -0.05) is 18.0 Å². The van der Waals surface area contributed by atoms with E-state index in [1.54, 1.807) is 10.8 Å². The van der Waals surface area contributed by atoms with Gasteiger partial charge >= 0.3 is 5.97 Å². The minimum Gasteiger partial charge on any atom is -0.480 e. The standard InChI is InChI=1S/C13H11ClN2O5S/c14-10-6-9(3-2-8(10)7-15)22(20,21)16-11(17)13(12(18)19)4-1-5-13/h2-3,6H,1,4-5H2,(H,16,17)(H,18,19). The van der Waals surface area contributed by atoms with Gasteiger partial charge < -0.3 is 5.11 Å². The van der Waals surface area contributed by atoms with E-state index in [1.807, 2.05) is 0 Å². The van der Waals surface area contributed by atoms with Gasteiger partial charge in [-0.3, -0.25) is 9.59 Å². The number of benzene rings is 1. The highest BCUT2D eigenvalue weighted by molar-refractivity contribution is 7.90. The minimum absolute atomic E-state index is 0.0746. The van der Waals surface area contributed by atoms with Crippen LogP contribution in [0.15, 0.2) is 23.1 Å². The number of nitriles is 1. The summed E-state index contributed by atoms with van der Waals surface area (Å²) in [5, 5.41) is 17.8. The summed E-state index contributed by atoms with van der Waals surface area (Å²) in [4.78, 5) is 22.9. The molecule has 1 aromatic carbocycles. The van der Waals surface area contributed by atoms with Gasteiger partial charge in [-0.2, -0.15) is 5.26 Å². The van der Waals surface area contributed by atoms with E-state index in [2.05, 4.69) is 0 Å². The molecule has 7 nitrogen and oxygen atoms in total. The van der Waals surface area contributed by atoms with Crippen LogP contribution in [0.4, 0.5) is 0 Å². The average Bonchev–Trinajstić information content (AvgIpc) is 2.35. The SMILES string of the molecule is N#Cc1ccc(S(=O)(=O)NC(=O)C2(C(=O)O)CCC2)cc1Cl. The number of halogens is 1. The molecule has 0 heterocycles. The number of sulfonamides is 1. The molecular formula is C13H11ClN2O5S. The molecule has 22 heavy (non-hydrogen) atoms. The van der Waals surface area contributed by atoms with Gasteiger partial charge in [0.05, 0.1) is 15.5 Å². The number of rotatable bonds is 4. The highest BCUT2D eigenvalue weighted by Crippen LogP contribution is 2.41. The number of carbonyl (C=O) groups is 2. The number of nitrogens with zero attached hydrogens (tertiary/aromatic N) is 1. The highest BCUT2D eigenvalue weighted by Gasteiger charge is 2.52.